The maximum Gasteiger partial charge on any atom is 0.405 e. The smallest absolute Gasteiger partial charge is 0.405 e. The highest BCUT2D eigenvalue weighted by atomic mass is 79.9. The minimum Gasteiger partial charge on any atom is -0.484 e. The molecule has 1 rings (SSSR count). The van der Waals surface area contributed by atoms with Gasteiger partial charge in [-0.05, 0) is 30.7 Å². The van der Waals surface area contributed by atoms with Gasteiger partial charge in [-0.2, -0.15) is 13.2 Å². The number of rotatable bonds is 4. The maximum atomic E-state index is 11.8. The predicted molar refractivity (Wildman–Crippen MR) is 63.4 cm³/mol. The van der Waals surface area contributed by atoms with Crippen LogP contribution in [0.1, 0.15) is 5.56 Å². The van der Waals surface area contributed by atoms with Crippen molar-refractivity contribution in [3.63, 3.8) is 0 Å². The van der Waals surface area contributed by atoms with E-state index in [0.717, 1.165) is 10.0 Å². The van der Waals surface area contributed by atoms with Crippen LogP contribution in [-0.2, 0) is 4.79 Å². The van der Waals surface area contributed by atoms with Crippen molar-refractivity contribution in [2.45, 2.75) is 13.1 Å². The fourth-order valence-corrected chi connectivity index (χ4v) is 1.64. The summed E-state index contributed by atoms with van der Waals surface area (Å²) in [6, 6.07) is 5.13. The molecule has 0 saturated heterocycles. The van der Waals surface area contributed by atoms with Gasteiger partial charge in [0.15, 0.2) is 6.61 Å². The Morgan fingerprint density at radius 1 is 1.44 bits per heavy atom. The number of halogens is 4. The Hall–Kier alpha value is -1.24. The summed E-state index contributed by atoms with van der Waals surface area (Å²) in [6.45, 7) is -0.0270. The molecule has 1 aromatic carbocycles. The van der Waals surface area contributed by atoms with Crippen LogP contribution in [0.25, 0.3) is 0 Å². The SMILES string of the molecule is Cc1cc(Br)ccc1OCC(=O)NCC(F)(F)F. The van der Waals surface area contributed by atoms with Gasteiger partial charge in [-0.15, -0.1) is 0 Å². The Morgan fingerprint density at radius 3 is 2.67 bits per heavy atom. The number of benzene rings is 1. The van der Waals surface area contributed by atoms with Crippen molar-refractivity contribution in [2.24, 2.45) is 0 Å². The van der Waals surface area contributed by atoms with E-state index in [2.05, 4.69) is 15.9 Å². The molecule has 1 amide bonds. The van der Waals surface area contributed by atoms with Gasteiger partial charge in [-0.1, -0.05) is 15.9 Å². The Labute approximate surface area is 110 Å². The van der Waals surface area contributed by atoms with Gasteiger partial charge in [0.1, 0.15) is 12.3 Å². The van der Waals surface area contributed by atoms with Crippen LogP contribution < -0.4 is 10.1 Å². The highest BCUT2D eigenvalue weighted by Gasteiger charge is 2.27. The second-order valence-corrected chi connectivity index (χ2v) is 4.51. The fraction of sp³-hybridized carbons (Fsp3) is 0.364. The zero-order valence-corrected chi connectivity index (χ0v) is 11.1. The van der Waals surface area contributed by atoms with Crippen molar-refractivity contribution in [1.82, 2.24) is 5.32 Å². The third-order valence-corrected chi connectivity index (χ3v) is 2.47. The first kappa shape index (κ1) is 14.8. The zero-order chi connectivity index (χ0) is 13.8. The van der Waals surface area contributed by atoms with Crippen molar-refractivity contribution in [1.29, 1.82) is 0 Å². The van der Waals surface area contributed by atoms with Crippen LogP contribution in [0.2, 0.25) is 0 Å². The van der Waals surface area contributed by atoms with Gasteiger partial charge in [-0.3, -0.25) is 4.79 Å². The molecule has 3 nitrogen and oxygen atoms in total. The molecule has 1 N–H and O–H groups in total. The van der Waals surface area contributed by atoms with E-state index in [1.54, 1.807) is 30.4 Å². The molecule has 0 aromatic heterocycles. The maximum absolute atomic E-state index is 11.8. The molecule has 0 aliphatic heterocycles. The lowest BCUT2D eigenvalue weighted by molar-refractivity contribution is -0.139. The minimum absolute atomic E-state index is 0.446. The monoisotopic (exact) mass is 325 g/mol. The Bertz CT molecular complexity index is 435. The molecular formula is C11H11BrF3NO2. The van der Waals surface area contributed by atoms with E-state index in [1.807, 2.05) is 0 Å². The van der Waals surface area contributed by atoms with E-state index in [4.69, 9.17) is 4.74 Å². The summed E-state index contributed by atoms with van der Waals surface area (Å²) < 4.78 is 41.5. The number of amides is 1. The summed E-state index contributed by atoms with van der Waals surface area (Å²) in [5.41, 5.74) is 0.785. The number of aryl methyl sites for hydroxylation is 1. The number of ether oxygens (including phenoxy) is 1. The summed E-state index contributed by atoms with van der Waals surface area (Å²) in [4.78, 5) is 11.1. The second kappa shape index (κ2) is 6.08. The van der Waals surface area contributed by atoms with Crippen molar-refractivity contribution < 1.29 is 22.7 Å². The molecule has 7 heteroatoms. The van der Waals surface area contributed by atoms with E-state index >= 15 is 0 Å². The van der Waals surface area contributed by atoms with Gasteiger partial charge < -0.3 is 10.1 Å². The van der Waals surface area contributed by atoms with E-state index < -0.39 is 25.2 Å². The molecule has 0 spiro atoms. The molecule has 0 saturated carbocycles. The van der Waals surface area contributed by atoms with Crippen LogP contribution in [0.3, 0.4) is 0 Å². The Balaban J connectivity index is 2.43. The van der Waals surface area contributed by atoms with Crippen LogP contribution in [0.4, 0.5) is 13.2 Å². The summed E-state index contributed by atoms with van der Waals surface area (Å²) in [7, 11) is 0. The number of carbonyl (C=O) groups excluding carboxylic acids is 1. The summed E-state index contributed by atoms with van der Waals surface area (Å²) in [5, 5.41) is 1.73. The van der Waals surface area contributed by atoms with Crippen molar-refractivity contribution in [2.75, 3.05) is 13.2 Å². The second-order valence-electron chi connectivity index (χ2n) is 3.59. The van der Waals surface area contributed by atoms with Crippen LogP contribution in [0.5, 0.6) is 5.75 Å². The largest absolute Gasteiger partial charge is 0.484 e. The molecule has 0 bridgehead atoms. The van der Waals surface area contributed by atoms with E-state index in [9.17, 15) is 18.0 Å². The van der Waals surface area contributed by atoms with E-state index in [1.165, 1.54) is 0 Å². The quantitative estimate of drug-likeness (QED) is 0.924. The van der Waals surface area contributed by atoms with Crippen LogP contribution in [0, 0.1) is 6.92 Å². The van der Waals surface area contributed by atoms with E-state index in [-0.39, 0.29) is 0 Å². The average molecular weight is 326 g/mol. The first-order chi connectivity index (χ1) is 8.28. The van der Waals surface area contributed by atoms with Crippen molar-refractivity contribution >= 4 is 21.8 Å². The molecule has 0 atom stereocenters. The molecule has 0 aliphatic carbocycles. The molecule has 1 aromatic rings. The van der Waals surface area contributed by atoms with Gasteiger partial charge in [0.25, 0.3) is 5.91 Å². The molecule has 0 radical (unpaired) electrons. The average Bonchev–Trinajstić information content (AvgIpc) is 2.24. The number of alkyl halides is 3. The topological polar surface area (TPSA) is 38.3 Å². The molecule has 0 heterocycles. The first-order valence-corrected chi connectivity index (χ1v) is 5.79. The van der Waals surface area contributed by atoms with Crippen molar-refractivity contribution in [3.05, 3.63) is 28.2 Å². The minimum atomic E-state index is -4.41. The Morgan fingerprint density at radius 2 is 2.11 bits per heavy atom. The molecule has 100 valence electrons. The van der Waals surface area contributed by atoms with Gasteiger partial charge in [0, 0.05) is 4.47 Å². The molecule has 0 fully saturated rings. The lowest BCUT2D eigenvalue weighted by Gasteiger charge is -2.11. The summed E-state index contributed by atoms with van der Waals surface area (Å²) in [6.07, 6.45) is -4.41. The molecule has 18 heavy (non-hydrogen) atoms. The van der Waals surface area contributed by atoms with Gasteiger partial charge in [-0.25, -0.2) is 0 Å². The predicted octanol–water partition coefficient (Wildman–Crippen LogP) is 2.81. The third-order valence-electron chi connectivity index (χ3n) is 1.98. The summed E-state index contributed by atoms with van der Waals surface area (Å²) in [5.74, 6) is -0.352. The van der Waals surface area contributed by atoms with Crippen LogP contribution >= 0.6 is 15.9 Å². The molecule has 0 aliphatic rings. The number of nitrogens with one attached hydrogen (secondary N) is 1. The van der Waals surface area contributed by atoms with Gasteiger partial charge in [0.2, 0.25) is 0 Å². The van der Waals surface area contributed by atoms with Gasteiger partial charge >= 0.3 is 6.18 Å². The van der Waals surface area contributed by atoms with Crippen LogP contribution in [0.15, 0.2) is 22.7 Å². The third kappa shape index (κ3) is 5.39. The fourth-order valence-electron chi connectivity index (χ4n) is 1.17. The van der Waals surface area contributed by atoms with Crippen LogP contribution in [-0.4, -0.2) is 25.2 Å². The highest BCUT2D eigenvalue weighted by Crippen LogP contribution is 2.22. The Kier molecular flexibility index (Phi) is 5.01. The molecule has 0 unspecified atom stereocenters. The normalized spacial score (nSPS) is 11.2. The standard InChI is InChI=1S/C11H11BrF3NO2/c1-7-4-8(12)2-3-9(7)18-5-10(17)16-6-11(13,14)15/h2-4H,5-6H2,1H3,(H,16,17). The lowest BCUT2D eigenvalue weighted by atomic mass is 10.2. The van der Waals surface area contributed by atoms with Gasteiger partial charge in [0.05, 0.1) is 0 Å². The zero-order valence-electron chi connectivity index (χ0n) is 9.47. The number of hydrogen-bond acceptors (Lipinski definition) is 2. The summed E-state index contributed by atoms with van der Waals surface area (Å²) >= 11 is 3.26. The highest BCUT2D eigenvalue weighted by molar-refractivity contribution is 9.10. The van der Waals surface area contributed by atoms with E-state index in [0.29, 0.717) is 5.75 Å². The van der Waals surface area contributed by atoms with Crippen molar-refractivity contribution in [3.8, 4) is 5.75 Å². The number of hydrogen-bond donors (Lipinski definition) is 1. The lowest BCUT2D eigenvalue weighted by Crippen LogP contribution is -2.36. The number of carbonyl (C=O) groups is 1. The molecular weight excluding hydrogens is 315 g/mol. The first-order valence-electron chi connectivity index (χ1n) is 5.00.